The maximum atomic E-state index is 13.1. The number of halogens is 1. The van der Waals surface area contributed by atoms with Crippen LogP contribution in [0.15, 0.2) is 30.5 Å². The second kappa shape index (κ2) is 4.55. The Bertz CT molecular complexity index is 520. The highest BCUT2D eigenvalue weighted by atomic mass is 32.1. The van der Waals surface area contributed by atoms with Crippen LogP contribution in [0.3, 0.4) is 0 Å². The molecule has 2 aromatic rings. The fraction of sp³-hybridized carbons (Fsp3) is 0.308. The number of nitrogens with zero attached hydrogens (tertiary/aromatic N) is 1. The van der Waals surface area contributed by atoms with Crippen LogP contribution in [-0.4, -0.2) is 11.0 Å². The summed E-state index contributed by atoms with van der Waals surface area (Å²) in [5.74, 6) is -0.200. The van der Waals surface area contributed by atoms with E-state index in [-0.39, 0.29) is 5.82 Å². The van der Waals surface area contributed by atoms with E-state index in [4.69, 9.17) is 0 Å². The van der Waals surface area contributed by atoms with Gasteiger partial charge in [-0.25, -0.2) is 9.37 Å². The zero-order valence-corrected chi connectivity index (χ0v) is 10.1. The average Bonchev–Trinajstić information content (AvgIpc) is 3.04. The lowest BCUT2D eigenvalue weighted by Crippen LogP contribution is -2.14. The molecule has 1 aliphatic carbocycles. The number of aromatic nitrogens is 1. The van der Waals surface area contributed by atoms with Gasteiger partial charge in [-0.05, 0) is 30.5 Å². The molecule has 2 nitrogen and oxygen atoms in total. The van der Waals surface area contributed by atoms with E-state index >= 15 is 0 Å². The number of hydrogen-bond acceptors (Lipinski definition) is 3. The molecule has 3 rings (SSSR count). The van der Waals surface area contributed by atoms with Crippen molar-refractivity contribution in [3.8, 4) is 10.4 Å². The monoisotopic (exact) mass is 248 g/mol. The van der Waals surface area contributed by atoms with Gasteiger partial charge in [0.1, 0.15) is 10.8 Å². The van der Waals surface area contributed by atoms with E-state index in [0.717, 1.165) is 22.0 Å². The van der Waals surface area contributed by atoms with E-state index in [9.17, 15) is 4.39 Å². The molecule has 0 unspecified atom stereocenters. The van der Waals surface area contributed by atoms with Crippen molar-refractivity contribution in [3.05, 3.63) is 41.3 Å². The molecule has 1 aromatic heterocycles. The largest absolute Gasteiger partial charge is 0.308 e. The predicted molar refractivity (Wildman–Crippen MR) is 67.4 cm³/mol. The number of thiazole rings is 1. The van der Waals surface area contributed by atoms with Gasteiger partial charge in [0.05, 0.1) is 4.88 Å². The Morgan fingerprint density at radius 1 is 1.41 bits per heavy atom. The number of benzene rings is 1. The summed E-state index contributed by atoms with van der Waals surface area (Å²) >= 11 is 1.62. The van der Waals surface area contributed by atoms with Crippen LogP contribution < -0.4 is 5.32 Å². The van der Waals surface area contributed by atoms with E-state index in [1.54, 1.807) is 23.5 Å². The molecular formula is C13H13FN2S. The summed E-state index contributed by atoms with van der Waals surface area (Å²) in [5, 5.41) is 4.49. The molecule has 1 heterocycles. The quantitative estimate of drug-likeness (QED) is 0.898. The lowest BCUT2D eigenvalue weighted by atomic mass is 10.2. The van der Waals surface area contributed by atoms with Gasteiger partial charge in [0, 0.05) is 18.8 Å². The van der Waals surface area contributed by atoms with E-state index < -0.39 is 0 Å². The van der Waals surface area contributed by atoms with Gasteiger partial charge in [0.25, 0.3) is 0 Å². The number of nitrogens with one attached hydrogen (secondary N) is 1. The zero-order valence-electron chi connectivity index (χ0n) is 9.32. The lowest BCUT2D eigenvalue weighted by molar-refractivity contribution is 0.628. The molecule has 1 fully saturated rings. The Balaban J connectivity index is 1.74. The Labute approximate surface area is 104 Å². The zero-order chi connectivity index (χ0) is 11.7. The van der Waals surface area contributed by atoms with E-state index in [0.29, 0.717) is 6.04 Å². The molecule has 0 amide bonds. The molecule has 1 aliphatic rings. The third kappa shape index (κ3) is 2.70. The summed E-state index contributed by atoms with van der Waals surface area (Å²) in [6.07, 6.45) is 4.38. The van der Waals surface area contributed by atoms with Crippen molar-refractivity contribution >= 4 is 11.3 Å². The number of hydrogen-bond donors (Lipinski definition) is 1. The van der Waals surface area contributed by atoms with Gasteiger partial charge < -0.3 is 5.32 Å². The summed E-state index contributed by atoms with van der Waals surface area (Å²) in [5.41, 5.74) is 0.903. The first-order chi connectivity index (χ1) is 8.31. The highest BCUT2D eigenvalue weighted by Crippen LogP contribution is 2.27. The van der Waals surface area contributed by atoms with Crippen LogP contribution >= 0.6 is 11.3 Å². The minimum atomic E-state index is -0.200. The molecule has 0 bridgehead atoms. The van der Waals surface area contributed by atoms with E-state index in [1.807, 2.05) is 12.3 Å². The average molecular weight is 248 g/mol. The van der Waals surface area contributed by atoms with Gasteiger partial charge >= 0.3 is 0 Å². The first kappa shape index (κ1) is 10.9. The number of rotatable bonds is 4. The molecule has 0 saturated heterocycles. The molecule has 0 atom stereocenters. The van der Waals surface area contributed by atoms with Crippen molar-refractivity contribution in [1.29, 1.82) is 0 Å². The van der Waals surface area contributed by atoms with Crippen molar-refractivity contribution in [1.82, 2.24) is 10.3 Å². The fourth-order valence-corrected chi connectivity index (χ4v) is 2.55. The molecule has 1 aromatic carbocycles. The van der Waals surface area contributed by atoms with E-state index in [2.05, 4.69) is 10.3 Å². The third-order valence-electron chi connectivity index (χ3n) is 2.78. The SMILES string of the molecule is Fc1cccc(-c2cnc(CNC3CC3)s2)c1. The first-order valence-electron chi connectivity index (χ1n) is 5.75. The summed E-state index contributed by atoms with van der Waals surface area (Å²) in [6, 6.07) is 7.34. The first-order valence-corrected chi connectivity index (χ1v) is 6.57. The summed E-state index contributed by atoms with van der Waals surface area (Å²) in [7, 11) is 0. The van der Waals surface area contributed by atoms with Crippen molar-refractivity contribution in [2.45, 2.75) is 25.4 Å². The van der Waals surface area contributed by atoms with Crippen LogP contribution in [-0.2, 0) is 6.54 Å². The fourth-order valence-electron chi connectivity index (χ4n) is 1.69. The molecule has 88 valence electrons. The Morgan fingerprint density at radius 3 is 3.06 bits per heavy atom. The summed E-state index contributed by atoms with van der Waals surface area (Å²) in [4.78, 5) is 5.38. The lowest BCUT2D eigenvalue weighted by Gasteiger charge is -1.97. The Morgan fingerprint density at radius 2 is 2.29 bits per heavy atom. The molecule has 0 spiro atoms. The van der Waals surface area contributed by atoms with Crippen LogP contribution in [0.5, 0.6) is 0 Å². The smallest absolute Gasteiger partial charge is 0.123 e. The van der Waals surface area contributed by atoms with Gasteiger partial charge in [0.2, 0.25) is 0 Å². The van der Waals surface area contributed by atoms with Crippen molar-refractivity contribution < 1.29 is 4.39 Å². The highest BCUT2D eigenvalue weighted by molar-refractivity contribution is 7.15. The second-order valence-corrected chi connectivity index (χ2v) is 5.40. The molecule has 1 N–H and O–H groups in total. The normalized spacial score (nSPS) is 15.1. The Kier molecular flexibility index (Phi) is 2.91. The van der Waals surface area contributed by atoms with Crippen LogP contribution in [0.25, 0.3) is 10.4 Å². The van der Waals surface area contributed by atoms with Crippen molar-refractivity contribution in [2.75, 3.05) is 0 Å². The molecule has 0 radical (unpaired) electrons. The molecule has 1 saturated carbocycles. The Hall–Kier alpha value is -1.26. The molecular weight excluding hydrogens is 235 g/mol. The third-order valence-corrected chi connectivity index (χ3v) is 3.83. The summed E-state index contributed by atoms with van der Waals surface area (Å²) in [6.45, 7) is 0.824. The van der Waals surface area contributed by atoms with Crippen molar-refractivity contribution in [3.63, 3.8) is 0 Å². The van der Waals surface area contributed by atoms with E-state index in [1.165, 1.54) is 18.9 Å². The maximum absolute atomic E-state index is 13.1. The highest BCUT2D eigenvalue weighted by Gasteiger charge is 2.20. The van der Waals surface area contributed by atoms with Gasteiger partial charge in [-0.1, -0.05) is 12.1 Å². The second-order valence-electron chi connectivity index (χ2n) is 4.28. The maximum Gasteiger partial charge on any atom is 0.123 e. The van der Waals surface area contributed by atoms with Gasteiger partial charge in [0.15, 0.2) is 0 Å². The molecule has 17 heavy (non-hydrogen) atoms. The minimum Gasteiger partial charge on any atom is -0.308 e. The van der Waals surface area contributed by atoms with Gasteiger partial charge in [-0.15, -0.1) is 11.3 Å². The van der Waals surface area contributed by atoms with Crippen molar-refractivity contribution in [2.24, 2.45) is 0 Å². The van der Waals surface area contributed by atoms with Crippen LogP contribution in [0, 0.1) is 5.82 Å². The van der Waals surface area contributed by atoms with Crippen LogP contribution in [0.4, 0.5) is 4.39 Å². The topological polar surface area (TPSA) is 24.9 Å². The van der Waals surface area contributed by atoms with Crippen LogP contribution in [0.2, 0.25) is 0 Å². The van der Waals surface area contributed by atoms with Gasteiger partial charge in [-0.2, -0.15) is 0 Å². The summed E-state index contributed by atoms with van der Waals surface area (Å²) < 4.78 is 13.1. The molecule has 0 aliphatic heterocycles. The predicted octanol–water partition coefficient (Wildman–Crippen LogP) is 3.20. The van der Waals surface area contributed by atoms with Crippen LogP contribution in [0.1, 0.15) is 17.8 Å². The molecule has 4 heteroatoms. The van der Waals surface area contributed by atoms with Gasteiger partial charge in [-0.3, -0.25) is 0 Å². The minimum absolute atomic E-state index is 0.200. The standard InChI is InChI=1S/C13H13FN2S/c14-10-3-1-2-9(6-10)12-7-16-13(17-12)8-15-11-4-5-11/h1-3,6-7,11,15H,4-5,8H2.